The Labute approximate surface area is 96.1 Å². The van der Waals surface area contributed by atoms with E-state index in [9.17, 15) is 5.11 Å². The maximum Gasteiger partial charge on any atom is 0.194 e. The van der Waals surface area contributed by atoms with Gasteiger partial charge in [0.05, 0.1) is 12.3 Å². The summed E-state index contributed by atoms with van der Waals surface area (Å²) in [6, 6.07) is 0. The summed E-state index contributed by atoms with van der Waals surface area (Å²) >= 11 is 0. The third kappa shape index (κ3) is 3.32. The number of aromatic nitrogens is 1. The molecule has 2 N–H and O–H groups in total. The molecule has 0 aromatic carbocycles. The van der Waals surface area contributed by atoms with Gasteiger partial charge in [-0.1, -0.05) is 0 Å². The van der Waals surface area contributed by atoms with Gasteiger partial charge in [-0.3, -0.25) is 0 Å². The van der Waals surface area contributed by atoms with Crippen LogP contribution in [0.5, 0.6) is 0 Å². The molecule has 1 aromatic rings. The summed E-state index contributed by atoms with van der Waals surface area (Å²) in [5.41, 5.74) is 0. The van der Waals surface area contributed by atoms with Crippen LogP contribution in [0.2, 0.25) is 0 Å². The van der Waals surface area contributed by atoms with Gasteiger partial charge in [0.15, 0.2) is 5.89 Å². The normalized spacial score (nSPS) is 23.2. The lowest BCUT2D eigenvalue weighted by molar-refractivity contribution is 0.186. The Morgan fingerprint density at radius 1 is 1.69 bits per heavy atom. The summed E-state index contributed by atoms with van der Waals surface area (Å²) in [5, 5.41) is 12.6. The standard InChI is InChI=1S/C12H20N2O2/c1-9(15)5-11-8-14-12(16-11)6-10-3-2-4-13-7-10/h8-10,13,15H,2-7H2,1H3. The van der Waals surface area contributed by atoms with Crippen LogP contribution in [0.25, 0.3) is 0 Å². The molecule has 16 heavy (non-hydrogen) atoms. The molecule has 1 fully saturated rings. The van der Waals surface area contributed by atoms with Crippen molar-refractivity contribution >= 4 is 0 Å². The summed E-state index contributed by atoms with van der Waals surface area (Å²) in [6.07, 6.45) is 5.32. The summed E-state index contributed by atoms with van der Waals surface area (Å²) in [7, 11) is 0. The van der Waals surface area contributed by atoms with Gasteiger partial charge in [-0.2, -0.15) is 0 Å². The molecule has 0 bridgehead atoms. The average molecular weight is 224 g/mol. The van der Waals surface area contributed by atoms with Crippen molar-refractivity contribution in [3.05, 3.63) is 17.8 Å². The predicted octanol–water partition coefficient (Wildman–Crippen LogP) is 1.14. The fourth-order valence-electron chi connectivity index (χ4n) is 2.17. The monoisotopic (exact) mass is 224 g/mol. The largest absolute Gasteiger partial charge is 0.446 e. The van der Waals surface area contributed by atoms with E-state index < -0.39 is 0 Å². The SMILES string of the molecule is CC(O)Cc1cnc(CC2CCCNC2)o1. The summed E-state index contributed by atoms with van der Waals surface area (Å²) < 4.78 is 5.60. The van der Waals surface area contributed by atoms with Gasteiger partial charge in [-0.25, -0.2) is 4.98 Å². The highest BCUT2D eigenvalue weighted by molar-refractivity contribution is 4.96. The molecule has 1 aliphatic rings. The van der Waals surface area contributed by atoms with Gasteiger partial charge < -0.3 is 14.8 Å². The van der Waals surface area contributed by atoms with Gasteiger partial charge >= 0.3 is 0 Å². The van der Waals surface area contributed by atoms with Gasteiger partial charge in [0.2, 0.25) is 0 Å². The zero-order chi connectivity index (χ0) is 11.4. The van der Waals surface area contributed by atoms with Crippen molar-refractivity contribution in [3.8, 4) is 0 Å². The number of nitrogens with zero attached hydrogens (tertiary/aromatic N) is 1. The van der Waals surface area contributed by atoms with Gasteiger partial charge in [0.1, 0.15) is 5.76 Å². The number of aliphatic hydroxyl groups is 1. The summed E-state index contributed by atoms with van der Waals surface area (Å²) in [4.78, 5) is 4.26. The van der Waals surface area contributed by atoms with Gasteiger partial charge in [-0.15, -0.1) is 0 Å². The van der Waals surface area contributed by atoms with Crippen LogP contribution in [0, 0.1) is 5.92 Å². The maximum atomic E-state index is 9.24. The van der Waals surface area contributed by atoms with E-state index in [0.717, 1.165) is 31.2 Å². The van der Waals surface area contributed by atoms with E-state index in [-0.39, 0.29) is 6.10 Å². The Kier molecular flexibility index (Phi) is 3.96. The van der Waals surface area contributed by atoms with Crippen molar-refractivity contribution in [3.63, 3.8) is 0 Å². The Morgan fingerprint density at radius 2 is 2.56 bits per heavy atom. The number of hydrogen-bond acceptors (Lipinski definition) is 4. The molecule has 2 heterocycles. The fourth-order valence-corrected chi connectivity index (χ4v) is 2.17. The molecule has 4 heteroatoms. The van der Waals surface area contributed by atoms with E-state index in [4.69, 9.17) is 4.42 Å². The molecule has 4 nitrogen and oxygen atoms in total. The molecule has 1 aromatic heterocycles. The molecule has 0 amide bonds. The molecule has 0 spiro atoms. The first-order valence-corrected chi connectivity index (χ1v) is 6.06. The minimum absolute atomic E-state index is 0.364. The Morgan fingerprint density at radius 3 is 3.25 bits per heavy atom. The van der Waals surface area contributed by atoms with E-state index >= 15 is 0 Å². The Balaban J connectivity index is 1.86. The molecule has 0 radical (unpaired) electrons. The highest BCUT2D eigenvalue weighted by Crippen LogP contribution is 2.16. The highest BCUT2D eigenvalue weighted by atomic mass is 16.4. The molecular formula is C12H20N2O2. The second-order valence-corrected chi connectivity index (χ2v) is 4.69. The van der Waals surface area contributed by atoms with Crippen molar-refractivity contribution < 1.29 is 9.52 Å². The molecule has 0 aliphatic carbocycles. The lowest BCUT2D eigenvalue weighted by atomic mass is 9.96. The Bertz CT molecular complexity index is 317. The van der Waals surface area contributed by atoms with Crippen LogP contribution in [-0.4, -0.2) is 29.3 Å². The lowest BCUT2D eigenvalue weighted by Crippen LogP contribution is -2.30. The van der Waals surface area contributed by atoms with Crippen LogP contribution in [0.3, 0.4) is 0 Å². The molecular weight excluding hydrogens is 204 g/mol. The lowest BCUT2D eigenvalue weighted by Gasteiger charge is -2.21. The molecule has 1 saturated heterocycles. The first-order chi connectivity index (χ1) is 7.74. The van der Waals surface area contributed by atoms with Crippen LogP contribution in [0.4, 0.5) is 0 Å². The number of hydrogen-bond donors (Lipinski definition) is 2. The third-order valence-electron chi connectivity index (χ3n) is 2.96. The molecule has 90 valence electrons. The van der Waals surface area contributed by atoms with Crippen molar-refractivity contribution in [2.45, 2.75) is 38.7 Å². The molecule has 1 aliphatic heterocycles. The van der Waals surface area contributed by atoms with E-state index in [1.165, 1.54) is 12.8 Å². The second kappa shape index (κ2) is 5.46. The quantitative estimate of drug-likeness (QED) is 0.805. The van der Waals surface area contributed by atoms with E-state index in [0.29, 0.717) is 12.3 Å². The molecule has 2 rings (SSSR count). The fraction of sp³-hybridized carbons (Fsp3) is 0.750. The Hall–Kier alpha value is -0.870. The zero-order valence-electron chi connectivity index (χ0n) is 9.78. The summed E-state index contributed by atoms with van der Waals surface area (Å²) in [5.74, 6) is 2.24. The topological polar surface area (TPSA) is 58.3 Å². The minimum Gasteiger partial charge on any atom is -0.446 e. The van der Waals surface area contributed by atoms with Crippen LogP contribution in [0.15, 0.2) is 10.6 Å². The van der Waals surface area contributed by atoms with E-state index in [2.05, 4.69) is 10.3 Å². The first-order valence-electron chi connectivity index (χ1n) is 6.06. The smallest absolute Gasteiger partial charge is 0.194 e. The van der Waals surface area contributed by atoms with Gasteiger partial charge in [-0.05, 0) is 38.8 Å². The number of piperidine rings is 1. The van der Waals surface area contributed by atoms with Crippen molar-refractivity contribution in [1.29, 1.82) is 0 Å². The van der Waals surface area contributed by atoms with Crippen LogP contribution < -0.4 is 5.32 Å². The second-order valence-electron chi connectivity index (χ2n) is 4.69. The van der Waals surface area contributed by atoms with Crippen molar-refractivity contribution in [2.75, 3.05) is 13.1 Å². The van der Waals surface area contributed by atoms with E-state index in [1.54, 1.807) is 13.1 Å². The summed E-state index contributed by atoms with van der Waals surface area (Å²) in [6.45, 7) is 3.96. The highest BCUT2D eigenvalue weighted by Gasteiger charge is 2.16. The number of nitrogens with one attached hydrogen (secondary N) is 1. The maximum absolute atomic E-state index is 9.24. The average Bonchev–Trinajstić information content (AvgIpc) is 2.66. The van der Waals surface area contributed by atoms with Crippen molar-refractivity contribution in [2.24, 2.45) is 5.92 Å². The van der Waals surface area contributed by atoms with Crippen LogP contribution >= 0.6 is 0 Å². The molecule has 2 atom stereocenters. The van der Waals surface area contributed by atoms with Crippen LogP contribution in [-0.2, 0) is 12.8 Å². The van der Waals surface area contributed by atoms with Gasteiger partial charge in [0, 0.05) is 12.8 Å². The molecule has 0 saturated carbocycles. The van der Waals surface area contributed by atoms with Gasteiger partial charge in [0.25, 0.3) is 0 Å². The van der Waals surface area contributed by atoms with E-state index in [1.807, 2.05) is 0 Å². The first kappa shape index (κ1) is 11.6. The predicted molar refractivity (Wildman–Crippen MR) is 61.2 cm³/mol. The van der Waals surface area contributed by atoms with Crippen LogP contribution in [0.1, 0.15) is 31.4 Å². The number of aliphatic hydroxyl groups excluding tert-OH is 1. The number of oxazole rings is 1. The number of rotatable bonds is 4. The third-order valence-corrected chi connectivity index (χ3v) is 2.96. The van der Waals surface area contributed by atoms with Crippen molar-refractivity contribution in [1.82, 2.24) is 10.3 Å². The zero-order valence-corrected chi connectivity index (χ0v) is 9.78. The minimum atomic E-state index is -0.364. The molecule has 2 unspecified atom stereocenters.